The Morgan fingerprint density at radius 3 is 2.33 bits per heavy atom. The van der Waals surface area contributed by atoms with Crippen LogP contribution < -0.4 is 15.4 Å². The van der Waals surface area contributed by atoms with Gasteiger partial charge in [0, 0.05) is 11.1 Å². The molecular weight excluding hydrogens is 343 g/mol. The normalized spacial score (nSPS) is 10.6. The Balaban J connectivity index is 1.72. The van der Waals surface area contributed by atoms with Crippen LogP contribution in [-0.2, 0) is 0 Å². The first-order valence-corrected chi connectivity index (χ1v) is 8.42. The Bertz CT molecular complexity index is 1080. The highest BCUT2D eigenvalue weighted by atomic mass is 19.1. The summed E-state index contributed by atoms with van der Waals surface area (Å²) in [4.78, 5) is 9.04. The lowest BCUT2D eigenvalue weighted by atomic mass is 10.2. The average molecular weight is 360 g/mol. The molecule has 0 saturated heterocycles. The molecule has 0 amide bonds. The molecule has 27 heavy (non-hydrogen) atoms. The maximum atomic E-state index is 14.0. The topological polar surface area (TPSA) is 59.1 Å². The van der Waals surface area contributed by atoms with Crippen LogP contribution in [0.3, 0.4) is 0 Å². The molecule has 6 heteroatoms. The van der Waals surface area contributed by atoms with E-state index in [0.29, 0.717) is 17.5 Å². The number of nitrogens with zero attached hydrogens (tertiary/aromatic N) is 2. The van der Waals surface area contributed by atoms with Crippen LogP contribution in [0.25, 0.3) is 10.9 Å². The summed E-state index contributed by atoms with van der Waals surface area (Å²) in [5, 5.41) is 7.12. The van der Waals surface area contributed by atoms with E-state index in [0.717, 1.165) is 22.3 Å². The molecule has 3 aromatic carbocycles. The van der Waals surface area contributed by atoms with Crippen LogP contribution in [0.1, 0.15) is 0 Å². The van der Waals surface area contributed by atoms with Crippen LogP contribution in [0, 0.1) is 5.82 Å². The second kappa shape index (κ2) is 7.29. The van der Waals surface area contributed by atoms with Gasteiger partial charge < -0.3 is 15.4 Å². The number of methoxy groups -OCH3 is 1. The molecule has 0 aliphatic carbocycles. The fraction of sp³-hybridized carbons (Fsp3) is 0.0476. The fourth-order valence-corrected chi connectivity index (χ4v) is 2.72. The van der Waals surface area contributed by atoms with E-state index in [1.807, 2.05) is 48.5 Å². The molecule has 0 unspecified atom stereocenters. The Labute approximate surface area is 155 Å². The molecule has 4 rings (SSSR count). The highest BCUT2D eigenvalue weighted by molar-refractivity contribution is 5.92. The van der Waals surface area contributed by atoms with Gasteiger partial charge in [-0.2, -0.15) is 4.98 Å². The van der Waals surface area contributed by atoms with Crippen molar-refractivity contribution < 1.29 is 9.13 Å². The van der Waals surface area contributed by atoms with Gasteiger partial charge in [0.2, 0.25) is 5.95 Å². The van der Waals surface area contributed by atoms with Gasteiger partial charge in [-0.1, -0.05) is 24.3 Å². The van der Waals surface area contributed by atoms with Gasteiger partial charge in [0.05, 0.1) is 18.3 Å². The lowest BCUT2D eigenvalue weighted by Gasteiger charge is -2.12. The Kier molecular flexibility index (Phi) is 4.53. The lowest BCUT2D eigenvalue weighted by molar-refractivity contribution is 0.415. The molecule has 134 valence electrons. The summed E-state index contributed by atoms with van der Waals surface area (Å²) in [6, 6.07) is 21.6. The molecule has 0 aliphatic heterocycles. The van der Waals surface area contributed by atoms with Gasteiger partial charge in [-0.05, 0) is 48.5 Å². The minimum Gasteiger partial charge on any atom is -0.497 e. The number of nitrogens with one attached hydrogen (secondary N) is 2. The second-order valence-electron chi connectivity index (χ2n) is 5.87. The van der Waals surface area contributed by atoms with Crippen LogP contribution in [0.4, 0.5) is 27.5 Å². The van der Waals surface area contributed by atoms with E-state index in [1.54, 1.807) is 25.3 Å². The molecule has 1 heterocycles. The number of anilines is 4. The quantitative estimate of drug-likeness (QED) is 0.508. The molecule has 0 saturated carbocycles. The summed E-state index contributed by atoms with van der Waals surface area (Å²) < 4.78 is 19.1. The second-order valence-corrected chi connectivity index (χ2v) is 5.87. The van der Waals surface area contributed by atoms with Gasteiger partial charge in [-0.25, -0.2) is 9.37 Å². The van der Waals surface area contributed by atoms with E-state index >= 15 is 0 Å². The van der Waals surface area contributed by atoms with Gasteiger partial charge in [0.15, 0.2) is 0 Å². The monoisotopic (exact) mass is 360 g/mol. The summed E-state index contributed by atoms with van der Waals surface area (Å²) in [6.07, 6.45) is 0. The summed E-state index contributed by atoms with van der Waals surface area (Å²) >= 11 is 0. The SMILES string of the molecule is COc1ccc(Nc2nc(Nc3ccccc3F)nc3ccccc23)cc1. The molecule has 0 radical (unpaired) electrons. The standard InChI is InChI=1S/C21H17FN4O/c1-27-15-12-10-14(11-13-15)23-20-16-6-2-4-8-18(16)24-21(26-20)25-19-9-5-3-7-17(19)22/h2-13H,1H3,(H2,23,24,25,26). The average Bonchev–Trinajstić information content (AvgIpc) is 2.70. The van der Waals surface area contributed by atoms with Crippen LogP contribution in [0.5, 0.6) is 5.75 Å². The first-order valence-electron chi connectivity index (χ1n) is 8.42. The molecule has 1 aromatic heterocycles. The van der Waals surface area contributed by atoms with Crippen molar-refractivity contribution >= 4 is 34.0 Å². The number of hydrogen-bond acceptors (Lipinski definition) is 5. The van der Waals surface area contributed by atoms with Gasteiger partial charge in [-0.3, -0.25) is 0 Å². The lowest BCUT2D eigenvalue weighted by Crippen LogP contribution is -2.03. The number of aromatic nitrogens is 2. The summed E-state index contributed by atoms with van der Waals surface area (Å²) in [7, 11) is 1.63. The third kappa shape index (κ3) is 3.64. The highest BCUT2D eigenvalue weighted by Crippen LogP contribution is 2.27. The number of benzene rings is 3. The number of halogens is 1. The number of para-hydroxylation sites is 2. The first-order chi connectivity index (χ1) is 13.2. The fourth-order valence-electron chi connectivity index (χ4n) is 2.72. The largest absolute Gasteiger partial charge is 0.497 e. The maximum absolute atomic E-state index is 14.0. The Morgan fingerprint density at radius 1 is 0.815 bits per heavy atom. The van der Waals surface area contributed by atoms with Crippen LogP contribution in [-0.4, -0.2) is 17.1 Å². The minimum absolute atomic E-state index is 0.315. The first kappa shape index (κ1) is 16.8. The number of ether oxygens (including phenoxy) is 1. The Morgan fingerprint density at radius 2 is 1.56 bits per heavy atom. The number of rotatable bonds is 5. The molecule has 0 atom stereocenters. The van der Waals surface area contributed by atoms with Crippen LogP contribution >= 0.6 is 0 Å². The molecule has 0 spiro atoms. The van der Waals surface area contributed by atoms with Gasteiger partial charge >= 0.3 is 0 Å². The van der Waals surface area contributed by atoms with Gasteiger partial charge in [0.1, 0.15) is 17.4 Å². The zero-order valence-electron chi connectivity index (χ0n) is 14.6. The predicted molar refractivity (Wildman–Crippen MR) is 105 cm³/mol. The molecular formula is C21H17FN4O. The molecule has 0 aliphatic rings. The summed E-state index contributed by atoms with van der Waals surface area (Å²) in [5.74, 6) is 1.35. The predicted octanol–water partition coefficient (Wildman–Crippen LogP) is 5.26. The molecule has 0 fully saturated rings. The van der Waals surface area contributed by atoms with Crippen molar-refractivity contribution in [3.8, 4) is 5.75 Å². The minimum atomic E-state index is -0.362. The smallest absolute Gasteiger partial charge is 0.229 e. The third-order valence-corrected chi connectivity index (χ3v) is 4.08. The molecule has 0 bridgehead atoms. The maximum Gasteiger partial charge on any atom is 0.229 e. The highest BCUT2D eigenvalue weighted by Gasteiger charge is 2.10. The van der Waals surface area contributed by atoms with Crippen LogP contribution in [0.15, 0.2) is 72.8 Å². The van der Waals surface area contributed by atoms with Gasteiger partial charge in [-0.15, -0.1) is 0 Å². The van der Waals surface area contributed by atoms with E-state index in [9.17, 15) is 4.39 Å². The molecule has 5 nitrogen and oxygen atoms in total. The van der Waals surface area contributed by atoms with E-state index in [4.69, 9.17) is 4.74 Å². The van der Waals surface area contributed by atoms with Crippen molar-refractivity contribution in [2.45, 2.75) is 0 Å². The van der Waals surface area contributed by atoms with Crippen molar-refractivity contribution in [2.24, 2.45) is 0 Å². The van der Waals surface area contributed by atoms with Crippen molar-refractivity contribution in [3.05, 3.63) is 78.6 Å². The molecule has 4 aromatic rings. The van der Waals surface area contributed by atoms with E-state index in [1.165, 1.54) is 6.07 Å². The van der Waals surface area contributed by atoms with E-state index in [2.05, 4.69) is 20.6 Å². The van der Waals surface area contributed by atoms with Crippen molar-refractivity contribution in [1.82, 2.24) is 9.97 Å². The third-order valence-electron chi connectivity index (χ3n) is 4.08. The summed E-state index contributed by atoms with van der Waals surface area (Å²) in [5.41, 5.74) is 1.93. The molecule has 2 N–H and O–H groups in total. The van der Waals surface area contributed by atoms with E-state index < -0.39 is 0 Å². The number of hydrogen-bond donors (Lipinski definition) is 2. The summed E-state index contributed by atoms with van der Waals surface area (Å²) in [6.45, 7) is 0. The van der Waals surface area contributed by atoms with E-state index in [-0.39, 0.29) is 5.82 Å². The van der Waals surface area contributed by atoms with Crippen LogP contribution in [0.2, 0.25) is 0 Å². The Hall–Kier alpha value is -3.67. The number of fused-ring (bicyclic) bond motifs is 1. The van der Waals surface area contributed by atoms with Gasteiger partial charge in [0.25, 0.3) is 0 Å². The van der Waals surface area contributed by atoms with Crippen molar-refractivity contribution in [2.75, 3.05) is 17.7 Å². The van der Waals surface area contributed by atoms with Crippen molar-refractivity contribution in [3.63, 3.8) is 0 Å². The zero-order chi connectivity index (χ0) is 18.6. The van der Waals surface area contributed by atoms with Crippen molar-refractivity contribution in [1.29, 1.82) is 0 Å². The zero-order valence-corrected chi connectivity index (χ0v) is 14.6.